The van der Waals surface area contributed by atoms with Crippen molar-refractivity contribution < 1.29 is 28.7 Å². The third kappa shape index (κ3) is 5.49. The number of hydrogen-bond donors (Lipinski definition) is 0. The van der Waals surface area contributed by atoms with E-state index in [0.717, 1.165) is 0 Å². The average molecular weight is 415 g/mol. The number of alkyl halides is 2. The Labute approximate surface area is 132 Å². The molecule has 0 atom stereocenters. The summed E-state index contributed by atoms with van der Waals surface area (Å²) in [5.41, 5.74) is 0. The van der Waals surface area contributed by atoms with Crippen LogP contribution in [0, 0.1) is 0 Å². The maximum Gasteiger partial charge on any atom is 0.424 e. The zero-order chi connectivity index (χ0) is 15.7. The van der Waals surface area contributed by atoms with Gasteiger partial charge in [-0.25, -0.2) is 4.79 Å². The first kappa shape index (κ1) is 18.9. The minimum atomic E-state index is -1.36. The van der Waals surface area contributed by atoms with Crippen LogP contribution in [-0.2, 0) is 23.9 Å². The fourth-order valence-electron chi connectivity index (χ4n) is 1.08. The Morgan fingerprint density at radius 3 is 1.60 bits per heavy atom. The van der Waals surface area contributed by atoms with Gasteiger partial charge in [0.1, 0.15) is 0 Å². The van der Waals surface area contributed by atoms with E-state index in [9.17, 15) is 24.0 Å². The molecule has 20 heavy (non-hydrogen) atoms. The molecule has 9 heteroatoms. The number of hydrogen-bond acceptors (Lipinski definition) is 6. The highest BCUT2D eigenvalue weighted by molar-refractivity contribution is 9.09. The highest BCUT2D eigenvalue weighted by Gasteiger charge is 2.36. The number of imide groups is 3. The number of ketones is 2. The minimum Gasteiger partial charge on any atom is -0.449 e. The number of amides is 3. The molecule has 0 N–H and O–H groups in total. The van der Waals surface area contributed by atoms with Crippen LogP contribution in [0.25, 0.3) is 0 Å². The van der Waals surface area contributed by atoms with Crippen LogP contribution in [0.2, 0.25) is 0 Å². The molecule has 0 aliphatic rings. The van der Waals surface area contributed by atoms with Crippen molar-refractivity contribution >= 4 is 61.3 Å². The van der Waals surface area contributed by atoms with E-state index in [-0.39, 0.29) is 35.0 Å². The van der Waals surface area contributed by atoms with Crippen LogP contribution in [0.15, 0.2) is 0 Å². The van der Waals surface area contributed by atoms with Crippen LogP contribution in [-0.4, -0.2) is 51.6 Å². The molecule has 0 heterocycles. The Kier molecular flexibility index (Phi) is 9.23. The zero-order valence-electron chi connectivity index (χ0n) is 10.7. The summed E-state index contributed by atoms with van der Waals surface area (Å²) in [5, 5.41) is 0.384. The number of rotatable bonds is 7. The molecule has 0 aromatic heterocycles. The molecule has 7 nitrogen and oxygen atoms in total. The highest BCUT2D eigenvalue weighted by atomic mass is 79.9. The molecular weight excluding hydrogens is 402 g/mol. The Balaban J connectivity index is 5.23. The average Bonchev–Trinajstić information content (AvgIpc) is 2.39. The van der Waals surface area contributed by atoms with Gasteiger partial charge in [-0.05, 0) is 6.92 Å². The summed E-state index contributed by atoms with van der Waals surface area (Å²) in [4.78, 5) is 58.0. The highest BCUT2D eigenvalue weighted by Crippen LogP contribution is 2.04. The molecule has 0 unspecified atom stereocenters. The molecule has 3 amide bonds. The van der Waals surface area contributed by atoms with Crippen molar-refractivity contribution in [2.24, 2.45) is 0 Å². The van der Waals surface area contributed by atoms with Crippen molar-refractivity contribution in [2.75, 3.05) is 17.3 Å². The topological polar surface area (TPSA) is 97.8 Å². The zero-order valence-corrected chi connectivity index (χ0v) is 13.9. The van der Waals surface area contributed by atoms with E-state index in [1.807, 2.05) is 0 Å². The number of ether oxygens (including phenoxy) is 1. The SMILES string of the molecule is CCOC(=O)N(C(=O)C(=O)CCBr)C(=O)C(=O)CCBr. The van der Waals surface area contributed by atoms with Crippen LogP contribution in [0.5, 0.6) is 0 Å². The predicted octanol–water partition coefficient (Wildman–Crippen LogP) is 1.21. The predicted molar refractivity (Wildman–Crippen MR) is 75.7 cm³/mol. The lowest BCUT2D eigenvalue weighted by atomic mass is 10.2. The minimum absolute atomic E-state index is 0.0422. The first-order valence-electron chi connectivity index (χ1n) is 5.63. The van der Waals surface area contributed by atoms with Gasteiger partial charge in [0, 0.05) is 23.5 Å². The van der Waals surface area contributed by atoms with Crippen molar-refractivity contribution in [1.82, 2.24) is 4.90 Å². The van der Waals surface area contributed by atoms with Gasteiger partial charge in [-0.15, -0.1) is 0 Å². The van der Waals surface area contributed by atoms with E-state index in [2.05, 4.69) is 36.6 Å². The third-order valence-corrected chi connectivity index (χ3v) is 2.77. The van der Waals surface area contributed by atoms with Gasteiger partial charge in [0.15, 0.2) is 0 Å². The molecular formula is C11H13Br2NO6. The summed E-state index contributed by atoms with van der Waals surface area (Å²) in [6.45, 7) is 1.36. The van der Waals surface area contributed by atoms with Crippen molar-refractivity contribution in [1.29, 1.82) is 0 Å². The molecule has 0 bridgehead atoms. The van der Waals surface area contributed by atoms with Crippen LogP contribution in [0.1, 0.15) is 19.8 Å². The van der Waals surface area contributed by atoms with E-state index < -0.39 is 29.5 Å². The number of carbonyl (C=O) groups is 5. The third-order valence-electron chi connectivity index (χ3n) is 1.98. The van der Waals surface area contributed by atoms with Gasteiger partial charge in [0.25, 0.3) is 0 Å². The van der Waals surface area contributed by atoms with E-state index in [0.29, 0.717) is 0 Å². The van der Waals surface area contributed by atoms with Gasteiger partial charge in [0.05, 0.1) is 6.61 Å². The smallest absolute Gasteiger partial charge is 0.424 e. The van der Waals surface area contributed by atoms with Crippen molar-refractivity contribution in [2.45, 2.75) is 19.8 Å². The van der Waals surface area contributed by atoms with Crippen LogP contribution in [0.3, 0.4) is 0 Å². The first-order valence-corrected chi connectivity index (χ1v) is 7.88. The molecule has 0 saturated heterocycles. The standard InChI is InChI=1S/C11H13Br2NO6/c1-2-20-11(19)14(9(17)7(15)3-5-12)10(18)8(16)4-6-13/h2-6H2,1H3. The van der Waals surface area contributed by atoms with Crippen LogP contribution < -0.4 is 0 Å². The maximum absolute atomic E-state index is 11.8. The second-order valence-corrected chi connectivity index (χ2v) is 4.95. The number of Topliss-reactive ketones (excluding diaryl/α,β-unsaturated/α-hetero) is 2. The summed E-state index contributed by atoms with van der Waals surface area (Å²) in [6.07, 6.45) is -1.73. The van der Waals surface area contributed by atoms with Crippen LogP contribution in [0.4, 0.5) is 4.79 Å². The maximum atomic E-state index is 11.8. The Hall–Kier alpha value is -1.09. The normalized spacial score (nSPS) is 9.75. The van der Waals surface area contributed by atoms with E-state index in [1.165, 1.54) is 6.92 Å². The lowest BCUT2D eigenvalue weighted by Gasteiger charge is -2.16. The number of halogens is 2. The van der Waals surface area contributed by atoms with Gasteiger partial charge >= 0.3 is 17.9 Å². The van der Waals surface area contributed by atoms with Gasteiger partial charge in [-0.1, -0.05) is 31.9 Å². The van der Waals surface area contributed by atoms with Gasteiger partial charge in [-0.3, -0.25) is 19.2 Å². The van der Waals surface area contributed by atoms with Crippen molar-refractivity contribution in [3.05, 3.63) is 0 Å². The summed E-state index contributed by atoms with van der Waals surface area (Å²) in [7, 11) is 0. The molecule has 112 valence electrons. The van der Waals surface area contributed by atoms with Crippen molar-refractivity contribution in [3.63, 3.8) is 0 Å². The second kappa shape index (κ2) is 9.76. The lowest BCUT2D eigenvalue weighted by molar-refractivity contribution is -0.153. The Morgan fingerprint density at radius 2 is 1.30 bits per heavy atom. The summed E-state index contributed by atoms with van der Waals surface area (Å²) in [5.74, 6) is -4.66. The second-order valence-electron chi connectivity index (χ2n) is 3.37. The quantitative estimate of drug-likeness (QED) is 0.458. The molecule has 0 radical (unpaired) electrons. The molecule has 0 saturated carbocycles. The molecule has 0 aliphatic carbocycles. The van der Waals surface area contributed by atoms with Gasteiger partial charge in [0.2, 0.25) is 11.6 Å². The monoisotopic (exact) mass is 413 g/mol. The summed E-state index contributed by atoms with van der Waals surface area (Å²) in [6, 6.07) is 0. The Bertz CT molecular complexity index is 393. The molecule has 0 fully saturated rings. The molecule has 0 rings (SSSR count). The first-order chi connectivity index (χ1) is 9.40. The van der Waals surface area contributed by atoms with Gasteiger partial charge in [-0.2, -0.15) is 4.90 Å². The summed E-state index contributed by atoms with van der Waals surface area (Å²) >= 11 is 5.92. The number of nitrogens with zero attached hydrogens (tertiary/aromatic N) is 1. The fraction of sp³-hybridized carbons (Fsp3) is 0.545. The summed E-state index contributed by atoms with van der Waals surface area (Å²) < 4.78 is 4.52. The molecule has 0 aromatic carbocycles. The molecule has 0 aromatic rings. The van der Waals surface area contributed by atoms with E-state index in [1.54, 1.807) is 0 Å². The van der Waals surface area contributed by atoms with Gasteiger partial charge < -0.3 is 4.74 Å². The van der Waals surface area contributed by atoms with E-state index in [4.69, 9.17) is 0 Å². The van der Waals surface area contributed by atoms with Crippen LogP contribution >= 0.6 is 31.9 Å². The van der Waals surface area contributed by atoms with E-state index >= 15 is 0 Å². The molecule has 0 spiro atoms. The fourth-order valence-corrected chi connectivity index (χ4v) is 1.80. The van der Waals surface area contributed by atoms with Crippen molar-refractivity contribution in [3.8, 4) is 0 Å². The molecule has 0 aliphatic heterocycles. The lowest BCUT2D eigenvalue weighted by Crippen LogP contribution is -2.48. The number of carbonyl (C=O) groups excluding carboxylic acids is 5. The largest absolute Gasteiger partial charge is 0.449 e. The Morgan fingerprint density at radius 1 is 0.900 bits per heavy atom.